The van der Waals surface area contributed by atoms with Crippen LogP contribution in [-0.4, -0.2) is 31.6 Å². The average molecular weight is 563 g/mol. The molecule has 0 spiro atoms. The number of methoxy groups -OCH3 is 1. The Morgan fingerprint density at radius 3 is 2.41 bits per heavy atom. The van der Waals surface area contributed by atoms with Gasteiger partial charge in [0.2, 0.25) is 0 Å². The van der Waals surface area contributed by atoms with Gasteiger partial charge in [-0.15, -0.1) is 0 Å². The molecule has 188 valence electrons. The maximum Gasteiger partial charge on any atom is 0.335 e. The van der Waals surface area contributed by atoms with E-state index in [1.165, 1.54) is 13.2 Å². The number of rotatable bonds is 9. The number of amides is 4. The van der Waals surface area contributed by atoms with Crippen molar-refractivity contribution in [3.05, 3.63) is 101 Å². The number of nitrogens with one attached hydrogen (secondary N) is 1. The lowest BCUT2D eigenvalue weighted by Crippen LogP contribution is -2.54. The van der Waals surface area contributed by atoms with Crippen LogP contribution in [0, 0.1) is 0 Å². The van der Waals surface area contributed by atoms with Crippen LogP contribution in [0.2, 0.25) is 0 Å². The van der Waals surface area contributed by atoms with Crippen molar-refractivity contribution in [3.8, 4) is 17.2 Å². The average Bonchev–Trinajstić information content (AvgIpc) is 2.90. The number of hydrogen-bond acceptors (Lipinski definition) is 6. The second-order valence-electron chi connectivity index (χ2n) is 7.86. The summed E-state index contributed by atoms with van der Waals surface area (Å²) in [7, 11) is 1.48. The summed E-state index contributed by atoms with van der Waals surface area (Å²) in [5.41, 5.74) is 1.58. The van der Waals surface area contributed by atoms with Crippen molar-refractivity contribution in [1.82, 2.24) is 5.32 Å². The first-order valence-corrected chi connectivity index (χ1v) is 12.0. The Morgan fingerprint density at radius 2 is 1.73 bits per heavy atom. The molecule has 0 radical (unpaired) electrons. The Balaban J connectivity index is 1.57. The Bertz CT molecular complexity index is 1370. The van der Waals surface area contributed by atoms with Crippen LogP contribution in [0.5, 0.6) is 17.2 Å². The summed E-state index contributed by atoms with van der Waals surface area (Å²) in [6, 6.07) is 18.6. The van der Waals surface area contributed by atoms with E-state index in [2.05, 4.69) is 27.8 Å². The third kappa shape index (κ3) is 5.90. The molecule has 0 saturated carbocycles. The number of benzene rings is 3. The highest BCUT2D eigenvalue weighted by atomic mass is 79.9. The van der Waals surface area contributed by atoms with Gasteiger partial charge in [0.1, 0.15) is 24.5 Å². The largest absolute Gasteiger partial charge is 0.493 e. The number of carbonyl (C=O) groups excluding carboxylic acids is 3. The molecule has 0 aliphatic carbocycles. The van der Waals surface area contributed by atoms with Crippen LogP contribution in [0.25, 0.3) is 6.08 Å². The number of nitrogens with zero attached hydrogens (tertiary/aromatic N) is 1. The summed E-state index contributed by atoms with van der Waals surface area (Å²) < 4.78 is 17.3. The lowest BCUT2D eigenvalue weighted by molar-refractivity contribution is -0.122. The molecular weight excluding hydrogens is 540 g/mol. The van der Waals surface area contributed by atoms with Crippen LogP contribution >= 0.6 is 15.9 Å². The van der Waals surface area contributed by atoms with Crippen LogP contribution in [0.3, 0.4) is 0 Å². The predicted octanol–water partition coefficient (Wildman–Crippen LogP) is 5.27. The molecule has 0 atom stereocenters. The molecule has 8 nitrogen and oxygen atoms in total. The van der Waals surface area contributed by atoms with Gasteiger partial charge < -0.3 is 14.2 Å². The molecule has 37 heavy (non-hydrogen) atoms. The first-order chi connectivity index (χ1) is 17.9. The Morgan fingerprint density at radius 1 is 1.00 bits per heavy atom. The fourth-order valence-corrected chi connectivity index (χ4v) is 4.17. The number of imide groups is 2. The van der Waals surface area contributed by atoms with E-state index in [1.54, 1.807) is 42.5 Å². The summed E-state index contributed by atoms with van der Waals surface area (Å²) in [5.74, 6) is -0.133. The molecule has 3 aromatic carbocycles. The molecule has 1 aliphatic heterocycles. The van der Waals surface area contributed by atoms with E-state index < -0.39 is 17.8 Å². The highest BCUT2D eigenvalue weighted by Gasteiger charge is 2.37. The lowest BCUT2D eigenvalue weighted by atomic mass is 10.1. The van der Waals surface area contributed by atoms with Gasteiger partial charge in [-0.3, -0.25) is 14.9 Å². The van der Waals surface area contributed by atoms with Crippen LogP contribution in [0.15, 0.2) is 89.4 Å². The number of halogens is 1. The van der Waals surface area contributed by atoms with Crippen LogP contribution in [0.4, 0.5) is 10.5 Å². The summed E-state index contributed by atoms with van der Waals surface area (Å²) in [5, 5.41) is 2.22. The number of carbonyl (C=O) groups is 3. The smallest absolute Gasteiger partial charge is 0.335 e. The van der Waals surface area contributed by atoms with Gasteiger partial charge in [0.15, 0.2) is 11.5 Å². The van der Waals surface area contributed by atoms with Crippen molar-refractivity contribution in [2.45, 2.75) is 6.61 Å². The lowest BCUT2D eigenvalue weighted by Gasteiger charge is -2.26. The maximum absolute atomic E-state index is 13.3. The zero-order valence-electron chi connectivity index (χ0n) is 19.9. The first-order valence-electron chi connectivity index (χ1n) is 11.2. The van der Waals surface area contributed by atoms with E-state index in [0.29, 0.717) is 39.6 Å². The molecule has 0 bridgehead atoms. The summed E-state index contributed by atoms with van der Waals surface area (Å²) in [4.78, 5) is 39.3. The Kier molecular flexibility index (Phi) is 8.05. The number of barbiturate groups is 1. The molecule has 1 N–H and O–H groups in total. The highest BCUT2D eigenvalue weighted by molar-refractivity contribution is 9.10. The van der Waals surface area contributed by atoms with E-state index in [9.17, 15) is 14.4 Å². The third-order valence-electron chi connectivity index (χ3n) is 5.35. The minimum absolute atomic E-state index is 0.210. The van der Waals surface area contributed by atoms with E-state index in [4.69, 9.17) is 14.2 Å². The van der Waals surface area contributed by atoms with Gasteiger partial charge in [0.05, 0.1) is 17.3 Å². The molecule has 1 aliphatic rings. The first kappa shape index (κ1) is 25.7. The summed E-state index contributed by atoms with van der Waals surface area (Å²) in [6.45, 7) is 4.27. The molecule has 1 saturated heterocycles. The molecule has 0 aromatic heterocycles. The molecule has 0 unspecified atom stereocenters. The monoisotopic (exact) mass is 562 g/mol. The van der Waals surface area contributed by atoms with Gasteiger partial charge in [-0.1, -0.05) is 43.0 Å². The third-order valence-corrected chi connectivity index (χ3v) is 5.94. The predicted molar refractivity (Wildman–Crippen MR) is 143 cm³/mol. The highest BCUT2D eigenvalue weighted by Crippen LogP contribution is 2.37. The Hall–Kier alpha value is -4.37. The van der Waals surface area contributed by atoms with E-state index in [0.717, 1.165) is 10.5 Å². The molecule has 3 aromatic rings. The van der Waals surface area contributed by atoms with Crippen LogP contribution in [-0.2, 0) is 16.2 Å². The summed E-state index contributed by atoms with van der Waals surface area (Å²) in [6.07, 6.45) is 2.99. The number of anilines is 1. The van der Waals surface area contributed by atoms with Gasteiger partial charge in [-0.05, 0) is 69.5 Å². The minimum atomic E-state index is -0.836. The second kappa shape index (κ2) is 11.6. The normalized spacial score (nSPS) is 14.4. The standard InChI is InChI=1S/C28H23BrN2O6/c1-3-13-36-25-23(29)15-19(16-24(25)35-2)14-22-26(32)30-28(34)31(27(22)33)20-9-11-21(12-10-20)37-17-18-7-5-4-6-8-18/h3-12,14-16H,1,13,17H2,2H3,(H,30,32,34)/b22-14+. The molecule has 4 rings (SSSR count). The van der Waals surface area contributed by atoms with Gasteiger partial charge in [-0.2, -0.15) is 0 Å². The molecular formula is C28H23BrN2O6. The van der Waals surface area contributed by atoms with Crippen molar-refractivity contribution in [3.63, 3.8) is 0 Å². The zero-order chi connectivity index (χ0) is 26.4. The van der Waals surface area contributed by atoms with E-state index in [-0.39, 0.29) is 12.2 Å². The maximum atomic E-state index is 13.3. The van der Waals surface area contributed by atoms with Crippen molar-refractivity contribution in [2.24, 2.45) is 0 Å². The fourth-order valence-electron chi connectivity index (χ4n) is 3.60. The quantitative estimate of drug-likeness (QED) is 0.217. The van der Waals surface area contributed by atoms with Crippen molar-refractivity contribution >= 4 is 45.5 Å². The number of ether oxygens (including phenoxy) is 3. The molecule has 9 heteroatoms. The summed E-state index contributed by atoms with van der Waals surface area (Å²) >= 11 is 3.43. The molecule has 4 amide bonds. The zero-order valence-corrected chi connectivity index (χ0v) is 21.5. The van der Waals surface area contributed by atoms with Crippen molar-refractivity contribution in [2.75, 3.05) is 18.6 Å². The number of urea groups is 1. The van der Waals surface area contributed by atoms with E-state index >= 15 is 0 Å². The van der Waals surface area contributed by atoms with Crippen molar-refractivity contribution in [1.29, 1.82) is 0 Å². The van der Waals surface area contributed by atoms with Crippen molar-refractivity contribution < 1.29 is 28.6 Å². The fraction of sp³-hybridized carbons (Fsp3) is 0.107. The van der Waals surface area contributed by atoms with Gasteiger partial charge in [0.25, 0.3) is 11.8 Å². The minimum Gasteiger partial charge on any atom is -0.493 e. The molecule has 1 fully saturated rings. The van der Waals surface area contributed by atoms with Gasteiger partial charge in [-0.25, -0.2) is 9.69 Å². The van der Waals surface area contributed by atoms with Gasteiger partial charge in [0, 0.05) is 0 Å². The molecule has 1 heterocycles. The van der Waals surface area contributed by atoms with Crippen LogP contribution < -0.4 is 24.4 Å². The second-order valence-corrected chi connectivity index (χ2v) is 8.71. The number of hydrogen-bond donors (Lipinski definition) is 1. The topological polar surface area (TPSA) is 94.2 Å². The SMILES string of the molecule is C=CCOc1c(Br)cc(/C=C2\C(=O)NC(=O)N(c3ccc(OCc4ccccc4)cc3)C2=O)cc1OC. The van der Waals surface area contributed by atoms with Crippen LogP contribution in [0.1, 0.15) is 11.1 Å². The van der Waals surface area contributed by atoms with Gasteiger partial charge >= 0.3 is 6.03 Å². The van der Waals surface area contributed by atoms with E-state index in [1.807, 2.05) is 30.3 Å². The Labute approximate surface area is 222 Å².